The van der Waals surface area contributed by atoms with Crippen molar-refractivity contribution >= 4 is 21.6 Å². The number of benzene rings is 2. The number of ether oxygens (including phenoxy) is 1. The highest BCUT2D eigenvalue weighted by Crippen LogP contribution is 2.22. The van der Waals surface area contributed by atoms with E-state index in [2.05, 4.69) is 10.2 Å². The van der Waals surface area contributed by atoms with E-state index in [1.807, 2.05) is 30.3 Å². The standard InChI is InChI=1S/C22H27N3O4S/c26-22(23-17-20-9-5-15-29-20)18-6-4-10-21(16-18)30(27,28)25-13-11-24(12-14-25)19-7-2-1-3-8-19/h1-4,6-8,10,16,20H,5,9,11-15,17H2,(H,23,26). The number of nitrogens with one attached hydrogen (secondary N) is 1. The molecule has 2 fully saturated rings. The Balaban J connectivity index is 1.40. The molecule has 4 rings (SSSR count). The van der Waals surface area contributed by atoms with Crippen LogP contribution < -0.4 is 10.2 Å². The van der Waals surface area contributed by atoms with Crippen LogP contribution in [0.1, 0.15) is 23.2 Å². The van der Waals surface area contributed by atoms with Crippen LogP contribution in [-0.4, -0.2) is 64.1 Å². The molecule has 2 heterocycles. The minimum absolute atomic E-state index is 0.0433. The number of nitrogens with zero attached hydrogens (tertiary/aromatic N) is 2. The number of hydrogen-bond donors (Lipinski definition) is 1. The van der Waals surface area contributed by atoms with E-state index in [9.17, 15) is 13.2 Å². The molecule has 0 radical (unpaired) electrons. The van der Waals surface area contributed by atoms with Gasteiger partial charge >= 0.3 is 0 Å². The van der Waals surface area contributed by atoms with Gasteiger partial charge in [-0.2, -0.15) is 4.31 Å². The molecule has 7 nitrogen and oxygen atoms in total. The molecule has 0 aliphatic carbocycles. The van der Waals surface area contributed by atoms with Crippen LogP contribution in [0.5, 0.6) is 0 Å². The Hall–Kier alpha value is -2.42. The minimum atomic E-state index is -3.65. The first-order valence-corrected chi connectivity index (χ1v) is 11.8. The molecule has 2 aliphatic heterocycles. The predicted octanol–water partition coefficient (Wildman–Crippen LogP) is 2.11. The summed E-state index contributed by atoms with van der Waals surface area (Å²) in [5, 5.41) is 2.84. The molecular formula is C22H27N3O4S. The second-order valence-corrected chi connectivity index (χ2v) is 9.54. The summed E-state index contributed by atoms with van der Waals surface area (Å²) in [4.78, 5) is 14.8. The predicted molar refractivity (Wildman–Crippen MR) is 115 cm³/mol. The maximum Gasteiger partial charge on any atom is 0.251 e. The molecular weight excluding hydrogens is 402 g/mol. The van der Waals surface area contributed by atoms with E-state index in [-0.39, 0.29) is 16.9 Å². The molecule has 0 saturated carbocycles. The van der Waals surface area contributed by atoms with Crippen molar-refractivity contribution in [1.82, 2.24) is 9.62 Å². The van der Waals surface area contributed by atoms with Crippen molar-refractivity contribution in [3.63, 3.8) is 0 Å². The fraction of sp³-hybridized carbons (Fsp3) is 0.409. The first-order chi connectivity index (χ1) is 14.5. The van der Waals surface area contributed by atoms with Crippen molar-refractivity contribution < 1.29 is 17.9 Å². The lowest BCUT2D eigenvalue weighted by molar-refractivity contribution is 0.0857. The first-order valence-electron chi connectivity index (χ1n) is 10.3. The molecule has 8 heteroatoms. The van der Waals surface area contributed by atoms with Crippen LogP contribution in [0.25, 0.3) is 0 Å². The normalized spacial score (nSPS) is 20.3. The molecule has 160 valence electrons. The van der Waals surface area contributed by atoms with Gasteiger partial charge in [0.1, 0.15) is 0 Å². The van der Waals surface area contributed by atoms with E-state index < -0.39 is 10.0 Å². The number of rotatable bonds is 6. The summed E-state index contributed by atoms with van der Waals surface area (Å²) in [5.74, 6) is -0.281. The van der Waals surface area contributed by atoms with Crippen LogP contribution in [0.3, 0.4) is 0 Å². The summed E-state index contributed by atoms with van der Waals surface area (Å²) in [6.07, 6.45) is 1.98. The van der Waals surface area contributed by atoms with Crippen molar-refractivity contribution in [3.8, 4) is 0 Å². The Kier molecular flexibility index (Phi) is 6.36. The highest BCUT2D eigenvalue weighted by atomic mass is 32.2. The van der Waals surface area contributed by atoms with E-state index >= 15 is 0 Å². The van der Waals surface area contributed by atoms with Gasteiger partial charge in [-0.15, -0.1) is 0 Å². The van der Waals surface area contributed by atoms with Gasteiger partial charge < -0.3 is 15.0 Å². The topological polar surface area (TPSA) is 78.9 Å². The van der Waals surface area contributed by atoms with Gasteiger partial charge in [0.25, 0.3) is 5.91 Å². The molecule has 1 atom stereocenters. The van der Waals surface area contributed by atoms with Crippen LogP contribution in [-0.2, 0) is 14.8 Å². The highest BCUT2D eigenvalue weighted by Gasteiger charge is 2.29. The van der Waals surface area contributed by atoms with Gasteiger partial charge in [-0.25, -0.2) is 8.42 Å². The van der Waals surface area contributed by atoms with Crippen molar-refractivity contribution in [1.29, 1.82) is 0 Å². The van der Waals surface area contributed by atoms with Crippen molar-refractivity contribution in [2.75, 3.05) is 44.2 Å². The average Bonchev–Trinajstić information content (AvgIpc) is 3.32. The van der Waals surface area contributed by atoms with Crippen LogP contribution in [0.15, 0.2) is 59.5 Å². The van der Waals surface area contributed by atoms with Crippen molar-refractivity contribution in [2.45, 2.75) is 23.8 Å². The zero-order chi connectivity index (χ0) is 21.0. The lowest BCUT2D eigenvalue weighted by Crippen LogP contribution is -2.48. The number of sulfonamides is 1. The molecule has 1 amide bonds. The molecule has 2 aromatic carbocycles. The summed E-state index contributed by atoms with van der Waals surface area (Å²) >= 11 is 0. The maximum atomic E-state index is 13.1. The molecule has 30 heavy (non-hydrogen) atoms. The number of para-hydroxylation sites is 1. The number of piperazine rings is 1. The smallest absolute Gasteiger partial charge is 0.251 e. The van der Waals surface area contributed by atoms with Crippen LogP contribution in [0, 0.1) is 0 Å². The van der Waals surface area contributed by atoms with Gasteiger partial charge in [0.15, 0.2) is 0 Å². The Morgan fingerprint density at radius 2 is 1.80 bits per heavy atom. The first kappa shape index (κ1) is 20.8. The van der Waals surface area contributed by atoms with Gasteiger partial charge in [0.2, 0.25) is 10.0 Å². The Bertz CT molecular complexity index is 967. The molecule has 2 aliphatic rings. The Morgan fingerprint density at radius 3 is 2.50 bits per heavy atom. The highest BCUT2D eigenvalue weighted by molar-refractivity contribution is 7.89. The third-order valence-corrected chi connectivity index (χ3v) is 7.50. The average molecular weight is 430 g/mol. The van der Waals surface area contributed by atoms with Gasteiger partial charge in [-0.1, -0.05) is 24.3 Å². The van der Waals surface area contributed by atoms with Crippen molar-refractivity contribution in [3.05, 3.63) is 60.2 Å². The van der Waals surface area contributed by atoms with Crippen LogP contribution in [0.4, 0.5) is 5.69 Å². The van der Waals surface area contributed by atoms with Gasteiger partial charge in [-0.05, 0) is 43.2 Å². The van der Waals surface area contributed by atoms with Crippen LogP contribution in [0.2, 0.25) is 0 Å². The van der Waals surface area contributed by atoms with Gasteiger partial charge in [0.05, 0.1) is 11.0 Å². The maximum absolute atomic E-state index is 13.1. The van der Waals surface area contributed by atoms with E-state index in [1.165, 1.54) is 10.4 Å². The Morgan fingerprint density at radius 1 is 1.03 bits per heavy atom. The molecule has 1 N–H and O–H groups in total. The second kappa shape index (κ2) is 9.16. The van der Waals surface area contributed by atoms with E-state index in [4.69, 9.17) is 4.74 Å². The molecule has 2 saturated heterocycles. The summed E-state index contributed by atoms with van der Waals surface area (Å²) in [7, 11) is -3.65. The van der Waals surface area contributed by atoms with E-state index in [1.54, 1.807) is 18.2 Å². The Labute approximate surface area is 177 Å². The third kappa shape index (κ3) is 4.66. The van der Waals surface area contributed by atoms with Crippen LogP contribution >= 0.6 is 0 Å². The number of carbonyl (C=O) groups is 1. The monoisotopic (exact) mass is 429 g/mol. The number of amides is 1. The molecule has 0 spiro atoms. The van der Waals surface area contributed by atoms with E-state index in [0.717, 1.165) is 25.1 Å². The molecule has 2 aromatic rings. The lowest BCUT2D eigenvalue weighted by atomic mass is 10.2. The molecule has 1 unspecified atom stereocenters. The summed E-state index contributed by atoms with van der Waals surface area (Å²) in [5.41, 5.74) is 1.44. The third-order valence-electron chi connectivity index (χ3n) is 5.61. The second-order valence-electron chi connectivity index (χ2n) is 7.60. The zero-order valence-corrected chi connectivity index (χ0v) is 17.7. The zero-order valence-electron chi connectivity index (χ0n) is 16.9. The fourth-order valence-corrected chi connectivity index (χ4v) is 5.35. The van der Waals surface area contributed by atoms with Gasteiger partial charge in [-0.3, -0.25) is 4.79 Å². The minimum Gasteiger partial charge on any atom is -0.376 e. The SMILES string of the molecule is O=C(NCC1CCCO1)c1cccc(S(=O)(=O)N2CCN(c3ccccc3)CC2)c1. The van der Waals surface area contributed by atoms with Crippen molar-refractivity contribution in [2.24, 2.45) is 0 Å². The number of hydrogen-bond acceptors (Lipinski definition) is 5. The summed E-state index contributed by atoms with van der Waals surface area (Å²) < 4.78 is 33.3. The fourth-order valence-electron chi connectivity index (χ4n) is 3.89. The summed E-state index contributed by atoms with van der Waals surface area (Å²) in [6, 6.07) is 16.3. The quantitative estimate of drug-likeness (QED) is 0.761. The lowest BCUT2D eigenvalue weighted by Gasteiger charge is -2.35. The summed E-state index contributed by atoms with van der Waals surface area (Å²) in [6.45, 7) is 3.25. The van der Waals surface area contributed by atoms with Gasteiger partial charge in [0, 0.05) is 50.6 Å². The number of anilines is 1. The largest absolute Gasteiger partial charge is 0.376 e. The number of carbonyl (C=O) groups excluding carboxylic acids is 1. The molecule has 0 bridgehead atoms. The van der Waals surface area contributed by atoms with E-state index in [0.29, 0.717) is 38.3 Å². The molecule has 0 aromatic heterocycles.